The van der Waals surface area contributed by atoms with E-state index in [1.165, 1.54) is 12.8 Å². The van der Waals surface area contributed by atoms with E-state index in [1.807, 2.05) is 6.92 Å². The van der Waals surface area contributed by atoms with Crippen molar-refractivity contribution in [1.29, 1.82) is 0 Å². The zero-order chi connectivity index (χ0) is 6.74. The quantitative estimate of drug-likeness (QED) is 0.543. The SMILES string of the molecule is CC#CCNC1(C)CC1. The molecule has 1 saturated carbocycles. The van der Waals surface area contributed by atoms with Gasteiger partial charge in [-0.2, -0.15) is 0 Å². The van der Waals surface area contributed by atoms with Crippen molar-refractivity contribution in [3.05, 3.63) is 0 Å². The van der Waals surface area contributed by atoms with E-state index in [-0.39, 0.29) is 0 Å². The molecule has 0 amide bonds. The van der Waals surface area contributed by atoms with Crippen LogP contribution in [0.15, 0.2) is 0 Å². The van der Waals surface area contributed by atoms with Gasteiger partial charge in [0, 0.05) is 5.54 Å². The van der Waals surface area contributed by atoms with Gasteiger partial charge in [-0.05, 0) is 26.7 Å². The van der Waals surface area contributed by atoms with Gasteiger partial charge >= 0.3 is 0 Å². The first-order chi connectivity index (χ1) is 4.27. The van der Waals surface area contributed by atoms with Gasteiger partial charge in [0.25, 0.3) is 0 Å². The van der Waals surface area contributed by atoms with Gasteiger partial charge in [0.05, 0.1) is 6.54 Å². The van der Waals surface area contributed by atoms with Gasteiger partial charge in [-0.25, -0.2) is 0 Å². The fraction of sp³-hybridized carbons (Fsp3) is 0.750. The summed E-state index contributed by atoms with van der Waals surface area (Å²) in [5.74, 6) is 5.84. The van der Waals surface area contributed by atoms with Crippen LogP contribution in [0.5, 0.6) is 0 Å². The highest BCUT2D eigenvalue weighted by atomic mass is 15.0. The smallest absolute Gasteiger partial charge is 0.0580 e. The van der Waals surface area contributed by atoms with Crippen LogP contribution in [-0.4, -0.2) is 12.1 Å². The largest absolute Gasteiger partial charge is 0.301 e. The van der Waals surface area contributed by atoms with E-state index in [0.717, 1.165) is 6.54 Å². The van der Waals surface area contributed by atoms with E-state index in [9.17, 15) is 0 Å². The predicted molar refractivity (Wildman–Crippen MR) is 39.1 cm³/mol. The molecular formula is C8H13N. The summed E-state index contributed by atoms with van der Waals surface area (Å²) in [5.41, 5.74) is 0.448. The van der Waals surface area contributed by atoms with Gasteiger partial charge in [-0.1, -0.05) is 5.92 Å². The summed E-state index contributed by atoms with van der Waals surface area (Å²) in [4.78, 5) is 0. The molecule has 1 aliphatic rings. The molecule has 0 aromatic heterocycles. The molecule has 0 aromatic rings. The number of nitrogens with one attached hydrogen (secondary N) is 1. The molecule has 0 spiro atoms. The maximum absolute atomic E-state index is 3.36. The van der Waals surface area contributed by atoms with Crippen molar-refractivity contribution in [3.63, 3.8) is 0 Å². The minimum absolute atomic E-state index is 0.448. The first-order valence-electron chi connectivity index (χ1n) is 3.41. The van der Waals surface area contributed by atoms with Crippen molar-refractivity contribution < 1.29 is 0 Å². The van der Waals surface area contributed by atoms with Gasteiger partial charge in [0.1, 0.15) is 0 Å². The monoisotopic (exact) mass is 123 g/mol. The molecule has 0 saturated heterocycles. The molecule has 0 aromatic carbocycles. The number of hydrogen-bond acceptors (Lipinski definition) is 1. The van der Waals surface area contributed by atoms with Crippen molar-refractivity contribution in [2.45, 2.75) is 32.2 Å². The molecule has 1 fully saturated rings. The summed E-state index contributed by atoms with van der Waals surface area (Å²) in [6.45, 7) is 4.97. The number of hydrogen-bond donors (Lipinski definition) is 1. The van der Waals surface area contributed by atoms with Gasteiger partial charge in [-0.15, -0.1) is 5.92 Å². The van der Waals surface area contributed by atoms with E-state index < -0.39 is 0 Å². The average Bonchev–Trinajstić information content (AvgIpc) is 2.50. The van der Waals surface area contributed by atoms with E-state index in [2.05, 4.69) is 24.1 Å². The molecular weight excluding hydrogens is 110 g/mol. The second kappa shape index (κ2) is 2.41. The van der Waals surface area contributed by atoms with Crippen LogP contribution in [0.25, 0.3) is 0 Å². The molecule has 0 bridgehead atoms. The Morgan fingerprint density at radius 3 is 2.67 bits per heavy atom. The fourth-order valence-electron chi connectivity index (χ4n) is 0.710. The van der Waals surface area contributed by atoms with Crippen LogP contribution >= 0.6 is 0 Å². The molecule has 1 heteroatoms. The van der Waals surface area contributed by atoms with E-state index in [4.69, 9.17) is 0 Å². The van der Waals surface area contributed by atoms with Gasteiger partial charge < -0.3 is 5.32 Å². The topological polar surface area (TPSA) is 12.0 Å². The Morgan fingerprint density at radius 1 is 1.56 bits per heavy atom. The first kappa shape index (κ1) is 6.64. The summed E-state index contributed by atoms with van der Waals surface area (Å²) in [6.07, 6.45) is 2.64. The highest BCUT2D eigenvalue weighted by Gasteiger charge is 2.35. The molecule has 0 unspecified atom stereocenters. The Morgan fingerprint density at radius 2 is 2.22 bits per heavy atom. The van der Waals surface area contributed by atoms with Crippen molar-refractivity contribution in [1.82, 2.24) is 5.32 Å². The molecule has 50 valence electrons. The lowest BCUT2D eigenvalue weighted by atomic mass is 10.3. The molecule has 0 heterocycles. The van der Waals surface area contributed by atoms with Crippen LogP contribution in [-0.2, 0) is 0 Å². The van der Waals surface area contributed by atoms with Crippen molar-refractivity contribution in [2.75, 3.05) is 6.54 Å². The zero-order valence-electron chi connectivity index (χ0n) is 6.12. The van der Waals surface area contributed by atoms with Crippen molar-refractivity contribution in [3.8, 4) is 11.8 Å². The Labute approximate surface area is 56.8 Å². The Hall–Kier alpha value is -0.480. The maximum Gasteiger partial charge on any atom is 0.0580 e. The third-order valence-corrected chi connectivity index (χ3v) is 1.78. The molecule has 1 nitrogen and oxygen atoms in total. The van der Waals surface area contributed by atoms with Crippen LogP contribution < -0.4 is 5.32 Å². The van der Waals surface area contributed by atoms with Gasteiger partial charge in [0.15, 0.2) is 0 Å². The third kappa shape index (κ3) is 2.07. The van der Waals surface area contributed by atoms with E-state index in [1.54, 1.807) is 0 Å². The van der Waals surface area contributed by atoms with E-state index >= 15 is 0 Å². The summed E-state index contributed by atoms with van der Waals surface area (Å²) < 4.78 is 0. The Bertz CT molecular complexity index is 146. The Kier molecular flexibility index (Phi) is 1.78. The zero-order valence-corrected chi connectivity index (χ0v) is 6.12. The molecule has 1 N–H and O–H groups in total. The van der Waals surface area contributed by atoms with Crippen molar-refractivity contribution in [2.24, 2.45) is 0 Å². The summed E-state index contributed by atoms with van der Waals surface area (Å²) in [6, 6.07) is 0. The molecule has 1 rings (SSSR count). The average molecular weight is 123 g/mol. The number of rotatable bonds is 2. The summed E-state index contributed by atoms with van der Waals surface area (Å²) in [7, 11) is 0. The van der Waals surface area contributed by atoms with E-state index in [0.29, 0.717) is 5.54 Å². The van der Waals surface area contributed by atoms with Crippen LogP contribution in [0.1, 0.15) is 26.7 Å². The Balaban J connectivity index is 2.10. The molecule has 0 aliphatic heterocycles. The lowest BCUT2D eigenvalue weighted by Gasteiger charge is -2.05. The summed E-state index contributed by atoms with van der Waals surface area (Å²) >= 11 is 0. The van der Waals surface area contributed by atoms with Crippen LogP contribution in [0.2, 0.25) is 0 Å². The molecule has 1 aliphatic carbocycles. The normalized spacial score (nSPS) is 20.2. The highest BCUT2D eigenvalue weighted by molar-refractivity contribution is 5.04. The highest BCUT2D eigenvalue weighted by Crippen LogP contribution is 2.33. The standard InChI is InChI=1S/C8H13N/c1-3-4-7-9-8(2)5-6-8/h9H,5-7H2,1-2H3. The van der Waals surface area contributed by atoms with Crippen LogP contribution in [0, 0.1) is 11.8 Å². The van der Waals surface area contributed by atoms with Crippen molar-refractivity contribution >= 4 is 0 Å². The first-order valence-corrected chi connectivity index (χ1v) is 3.41. The third-order valence-electron chi connectivity index (χ3n) is 1.78. The molecule has 0 radical (unpaired) electrons. The second-order valence-electron chi connectivity index (χ2n) is 2.84. The lowest BCUT2D eigenvalue weighted by molar-refractivity contribution is 0.581. The minimum atomic E-state index is 0.448. The minimum Gasteiger partial charge on any atom is -0.301 e. The lowest BCUT2D eigenvalue weighted by Crippen LogP contribution is -2.27. The summed E-state index contributed by atoms with van der Waals surface area (Å²) in [5, 5.41) is 3.36. The molecule has 9 heavy (non-hydrogen) atoms. The van der Waals surface area contributed by atoms with Gasteiger partial charge in [-0.3, -0.25) is 0 Å². The van der Waals surface area contributed by atoms with Crippen LogP contribution in [0.4, 0.5) is 0 Å². The molecule has 0 atom stereocenters. The maximum atomic E-state index is 3.36. The van der Waals surface area contributed by atoms with Gasteiger partial charge in [0.2, 0.25) is 0 Å². The fourth-order valence-corrected chi connectivity index (χ4v) is 0.710. The van der Waals surface area contributed by atoms with Crippen LogP contribution in [0.3, 0.4) is 0 Å². The predicted octanol–water partition coefficient (Wildman–Crippen LogP) is 1.15. The second-order valence-corrected chi connectivity index (χ2v) is 2.84.